The van der Waals surface area contributed by atoms with Crippen LogP contribution < -0.4 is 10.1 Å². The maximum absolute atomic E-state index is 12.2. The van der Waals surface area contributed by atoms with Crippen molar-refractivity contribution < 1.29 is 22.7 Å². The lowest BCUT2D eigenvalue weighted by molar-refractivity contribution is -0.274. The maximum atomic E-state index is 12.2. The van der Waals surface area contributed by atoms with Gasteiger partial charge in [0.2, 0.25) is 5.78 Å². The predicted molar refractivity (Wildman–Crippen MR) is 79.0 cm³/mol. The third-order valence-corrected chi connectivity index (χ3v) is 2.76. The van der Waals surface area contributed by atoms with Crippen molar-refractivity contribution in [2.45, 2.75) is 6.36 Å². The van der Waals surface area contributed by atoms with E-state index in [9.17, 15) is 18.0 Å². The Kier molecular flexibility index (Phi) is 5.16. The van der Waals surface area contributed by atoms with E-state index in [4.69, 9.17) is 5.26 Å². The van der Waals surface area contributed by atoms with Crippen molar-refractivity contribution in [3.63, 3.8) is 0 Å². The highest BCUT2D eigenvalue weighted by Crippen LogP contribution is 2.23. The van der Waals surface area contributed by atoms with E-state index in [2.05, 4.69) is 15.0 Å². The number of nitrogens with zero attached hydrogens (tertiary/aromatic N) is 2. The monoisotopic (exact) mass is 333 g/mol. The van der Waals surface area contributed by atoms with Crippen LogP contribution in [0.5, 0.6) is 5.75 Å². The van der Waals surface area contributed by atoms with E-state index in [0.29, 0.717) is 5.69 Å². The second kappa shape index (κ2) is 7.28. The summed E-state index contributed by atoms with van der Waals surface area (Å²) in [6.07, 6.45) is -0.536. The van der Waals surface area contributed by atoms with Crippen LogP contribution in [0.25, 0.3) is 0 Å². The number of anilines is 1. The molecule has 24 heavy (non-hydrogen) atoms. The summed E-state index contributed by atoms with van der Waals surface area (Å²) in [6.45, 7) is 0. The van der Waals surface area contributed by atoms with Crippen LogP contribution >= 0.6 is 0 Å². The van der Waals surface area contributed by atoms with Crippen LogP contribution in [0.3, 0.4) is 0 Å². The zero-order valence-electron chi connectivity index (χ0n) is 12.0. The predicted octanol–water partition coefficient (Wildman–Crippen LogP) is 3.68. The molecule has 0 bridgehead atoms. The number of ketones is 1. The first-order valence-corrected chi connectivity index (χ1v) is 6.56. The van der Waals surface area contributed by atoms with Gasteiger partial charge in [0.1, 0.15) is 17.4 Å². The zero-order valence-corrected chi connectivity index (χ0v) is 12.0. The number of hydrogen-bond donors (Lipinski definition) is 1. The summed E-state index contributed by atoms with van der Waals surface area (Å²) in [6, 6.07) is 9.41. The van der Waals surface area contributed by atoms with Crippen molar-refractivity contribution in [3.05, 3.63) is 66.1 Å². The van der Waals surface area contributed by atoms with Crippen molar-refractivity contribution in [1.82, 2.24) is 4.98 Å². The van der Waals surface area contributed by atoms with Gasteiger partial charge < -0.3 is 10.1 Å². The number of ether oxygens (including phenoxy) is 1. The molecule has 0 atom stereocenters. The molecule has 2 aromatic rings. The van der Waals surface area contributed by atoms with Gasteiger partial charge in [0.25, 0.3) is 0 Å². The van der Waals surface area contributed by atoms with Crippen molar-refractivity contribution in [2.75, 3.05) is 5.32 Å². The van der Waals surface area contributed by atoms with Crippen LogP contribution in [0.4, 0.5) is 18.9 Å². The van der Waals surface area contributed by atoms with Gasteiger partial charge in [-0.3, -0.25) is 9.78 Å². The Hall–Kier alpha value is -3.34. The number of alkyl halides is 3. The number of aromatic nitrogens is 1. The van der Waals surface area contributed by atoms with Crippen LogP contribution in [-0.2, 0) is 0 Å². The number of benzene rings is 1. The lowest BCUT2D eigenvalue weighted by Gasteiger charge is -2.09. The van der Waals surface area contributed by atoms with E-state index in [-0.39, 0.29) is 11.1 Å². The third-order valence-electron chi connectivity index (χ3n) is 2.76. The van der Waals surface area contributed by atoms with Gasteiger partial charge in [-0.2, -0.15) is 5.26 Å². The van der Waals surface area contributed by atoms with Gasteiger partial charge in [0.15, 0.2) is 0 Å². The summed E-state index contributed by atoms with van der Waals surface area (Å²) in [5.41, 5.74) is 0.431. The molecule has 1 N–H and O–H groups in total. The number of pyridine rings is 1. The Balaban J connectivity index is 2.12. The molecule has 0 radical (unpaired) electrons. The summed E-state index contributed by atoms with van der Waals surface area (Å²) >= 11 is 0. The molecule has 0 aliphatic heterocycles. The Bertz CT molecular complexity index is 779. The molecule has 1 aromatic carbocycles. The first-order valence-electron chi connectivity index (χ1n) is 6.56. The molecule has 1 aromatic heterocycles. The molecule has 2 rings (SSSR count). The molecular formula is C16H10F3N3O2. The van der Waals surface area contributed by atoms with E-state index >= 15 is 0 Å². The minimum absolute atomic E-state index is 0.0605. The van der Waals surface area contributed by atoms with Gasteiger partial charge >= 0.3 is 6.36 Å². The normalized spacial score (nSPS) is 11.5. The lowest BCUT2D eigenvalue weighted by atomic mass is 10.1. The summed E-state index contributed by atoms with van der Waals surface area (Å²) in [4.78, 5) is 16.0. The highest BCUT2D eigenvalue weighted by molar-refractivity contribution is 6.11. The number of carbonyl (C=O) groups is 1. The molecule has 5 nitrogen and oxygen atoms in total. The molecule has 0 aliphatic carbocycles. The number of nitriles is 1. The van der Waals surface area contributed by atoms with Crippen LogP contribution in [0.1, 0.15) is 10.4 Å². The number of hydrogen-bond acceptors (Lipinski definition) is 5. The molecular weight excluding hydrogens is 323 g/mol. The van der Waals surface area contributed by atoms with E-state index in [0.717, 1.165) is 24.3 Å². The van der Waals surface area contributed by atoms with Crippen LogP contribution in [0, 0.1) is 11.3 Å². The van der Waals surface area contributed by atoms with Crippen molar-refractivity contribution in [1.29, 1.82) is 5.26 Å². The third kappa shape index (κ3) is 4.84. The Labute approximate surface area is 135 Å². The van der Waals surface area contributed by atoms with Gasteiger partial charge in [-0.25, -0.2) is 0 Å². The molecule has 0 saturated heterocycles. The van der Waals surface area contributed by atoms with Gasteiger partial charge in [-0.15, -0.1) is 13.2 Å². The van der Waals surface area contributed by atoms with Crippen LogP contribution in [0.15, 0.2) is 60.6 Å². The first-order chi connectivity index (χ1) is 11.4. The molecule has 122 valence electrons. The second-order valence-electron chi connectivity index (χ2n) is 4.46. The lowest BCUT2D eigenvalue weighted by Crippen LogP contribution is -2.17. The average molecular weight is 333 g/mol. The Morgan fingerprint density at radius 1 is 1.25 bits per heavy atom. The molecule has 0 aliphatic rings. The summed E-state index contributed by atoms with van der Waals surface area (Å²) < 4.78 is 40.0. The first kappa shape index (κ1) is 17.0. The van der Waals surface area contributed by atoms with Gasteiger partial charge in [-0.1, -0.05) is 0 Å². The molecule has 0 saturated carbocycles. The number of carbonyl (C=O) groups excluding carboxylic acids is 1. The van der Waals surface area contributed by atoms with E-state index in [1.807, 2.05) is 0 Å². The molecule has 0 amide bonds. The fourth-order valence-corrected chi connectivity index (χ4v) is 1.72. The molecule has 0 spiro atoms. The van der Waals surface area contributed by atoms with Gasteiger partial charge in [-0.05, 0) is 36.4 Å². The number of Topliss-reactive ketones (excluding diaryl/α,β-unsaturated/α-hetero) is 1. The maximum Gasteiger partial charge on any atom is 0.573 e. The quantitative estimate of drug-likeness (QED) is 0.513. The minimum atomic E-state index is -4.81. The van der Waals surface area contributed by atoms with Crippen molar-refractivity contribution in [2.24, 2.45) is 0 Å². The summed E-state index contributed by atoms with van der Waals surface area (Å²) in [5.74, 6) is -1.08. The van der Waals surface area contributed by atoms with Crippen molar-refractivity contribution >= 4 is 11.5 Å². The van der Waals surface area contributed by atoms with Crippen LogP contribution in [0.2, 0.25) is 0 Å². The largest absolute Gasteiger partial charge is 0.573 e. The second-order valence-corrected chi connectivity index (χ2v) is 4.46. The topological polar surface area (TPSA) is 75.0 Å². The fourth-order valence-electron chi connectivity index (χ4n) is 1.72. The Morgan fingerprint density at radius 3 is 2.50 bits per heavy atom. The average Bonchev–Trinajstić information content (AvgIpc) is 2.55. The van der Waals surface area contributed by atoms with E-state index < -0.39 is 17.9 Å². The summed E-state index contributed by atoms with van der Waals surface area (Å²) in [5, 5.41) is 11.8. The molecule has 0 unspecified atom stereocenters. The van der Waals surface area contributed by atoms with E-state index in [1.165, 1.54) is 12.4 Å². The summed E-state index contributed by atoms with van der Waals surface area (Å²) in [7, 11) is 0. The number of halogens is 3. The standard InChI is InChI=1S/C16H10F3N3O2/c17-16(18,19)24-14-5-3-11(4-6-14)15(23)12(8-20)9-22-13-2-1-7-21-10-13/h1-7,9-10,22H/b12-9-. The highest BCUT2D eigenvalue weighted by atomic mass is 19.4. The molecule has 0 fully saturated rings. The SMILES string of the molecule is N#C/C(=C/Nc1cccnc1)C(=O)c1ccc(OC(F)(F)F)cc1. The van der Waals surface area contributed by atoms with Gasteiger partial charge in [0, 0.05) is 18.0 Å². The Morgan fingerprint density at radius 2 is 1.96 bits per heavy atom. The van der Waals surface area contributed by atoms with E-state index in [1.54, 1.807) is 24.4 Å². The molecule has 1 heterocycles. The number of rotatable bonds is 5. The fraction of sp³-hybridized carbons (Fsp3) is 0.0625. The zero-order chi connectivity index (χ0) is 17.6. The van der Waals surface area contributed by atoms with Gasteiger partial charge in [0.05, 0.1) is 11.9 Å². The minimum Gasteiger partial charge on any atom is -0.406 e. The number of allylic oxidation sites excluding steroid dienone is 1. The van der Waals surface area contributed by atoms with Crippen LogP contribution in [-0.4, -0.2) is 17.1 Å². The smallest absolute Gasteiger partial charge is 0.406 e. The number of nitrogens with one attached hydrogen (secondary N) is 1. The molecule has 8 heteroatoms. The van der Waals surface area contributed by atoms with Crippen molar-refractivity contribution in [3.8, 4) is 11.8 Å². The highest BCUT2D eigenvalue weighted by Gasteiger charge is 2.31.